The lowest BCUT2D eigenvalue weighted by molar-refractivity contribution is -0.131. The Labute approximate surface area is 115 Å². The Balaban J connectivity index is 2.58. The molecule has 2 rings (SSSR count). The fourth-order valence-corrected chi connectivity index (χ4v) is 2.22. The second kappa shape index (κ2) is 5.71. The summed E-state index contributed by atoms with van der Waals surface area (Å²) in [7, 11) is 0. The summed E-state index contributed by atoms with van der Waals surface area (Å²) in [6.07, 6.45) is 1.70. The monoisotopic (exact) mass is 274 g/mol. The van der Waals surface area contributed by atoms with Gasteiger partial charge in [0.05, 0.1) is 6.10 Å². The predicted octanol–water partition coefficient (Wildman–Crippen LogP) is 1.51. The summed E-state index contributed by atoms with van der Waals surface area (Å²) in [5, 5.41) is 28.2. The maximum Gasteiger partial charge on any atom is 0.328 e. The highest BCUT2D eigenvalue weighted by atomic mass is 16.4. The van der Waals surface area contributed by atoms with Gasteiger partial charge in [-0.3, -0.25) is 4.79 Å². The molecular formula is C15H14O5. The summed E-state index contributed by atoms with van der Waals surface area (Å²) in [4.78, 5) is 22.7. The van der Waals surface area contributed by atoms with Crippen molar-refractivity contribution in [1.29, 1.82) is 0 Å². The molecule has 0 heterocycles. The molecule has 0 aliphatic heterocycles. The predicted molar refractivity (Wildman–Crippen MR) is 72.1 cm³/mol. The average molecular weight is 274 g/mol. The number of phenols is 1. The van der Waals surface area contributed by atoms with Crippen molar-refractivity contribution in [3.05, 3.63) is 47.6 Å². The number of carbonyl (C=O) groups is 2. The highest BCUT2D eigenvalue weighted by molar-refractivity contribution is 6.23. The number of hydrogen-bond donors (Lipinski definition) is 3. The molecule has 0 aromatic heterocycles. The molecule has 104 valence electrons. The molecule has 5 nitrogen and oxygen atoms in total. The number of hydrogen-bond acceptors (Lipinski definition) is 4. The number of carboxylic acid groups (broad SMARTS) is 1. The van der Waals surface area contributed by atoms with Gasteiger partial charge in [-0.25, -0.2) is 4.79 Å². The van der Waals surface area contributed by atoms with Crippen LogP contribution in [0.3, 0.4) is 0 Å². The van der Waals surface area contributed by atoms with E-state index < -0.39 is 12.1 Å². The summed E-state index contributed by atoms with van der Waals surface area (Å²) in [6.45, 7) is 0. The third-order valence-corrected chi connectivity index (χ3v) is 3.11. The minimum Gasteiger partial charge on any atom is -0.508 e. The number of aliphatic hydroxyl groups excluding tert-OH is 1. The van der Waals surface area contributed by atoms with Gasteiger partial charge in [0.25, 0.3) is 0 Å². The van der Waals surface area contributed by atoms with Gasteiger partial charge < -0.3 is 15.3 Å². The molecule has 5 heteroatoms. The van der Waals surface area contributed by atoms with Crippen molar-refractivity contribution < 1.29 is 24.9 Å². The molecule has 0 saturated carbocycles. The molecule has 0 saturated heterocycles. The number of carbonyl (C=O) groups excluding carboxylic acids is 1. The van der Waals surface area contributed by atoms with Crippen LogP contribution in [0, 0.1) is 0 Å². The summed E-state index contributed by atoms with van der Waals surface area (Å²) >= 11 is 0. The van der Waals surface area contributed by atoms with Crippen molar-refractivity contribution in [3.8, 4) is 5.75 Å². The largest absolute Gasteiger partial charge is 0.508 e. The lowest BCUT2D eigenvalue weighted by Gasteiger charge is -2.22. The van der Waals surface area contributed by atoms with E-state index in [0.717, 1.165) is 6.08 Å². The standard InChI is InChI=1S/C15H14O5/c16-10-3-1-2-9(8-10)15-11(4-7-14(19)20)12(17)5-6-13(15)18/h1-4,7-8,12,16-17H,5-6H2,(H,19,20)/b7-4+/t12-/m1/s1. The topological polar surface area (TPSA) is 94.8 Å². The number of carboxylic acids is 1. The smallest absolute Gasteiger partial charge is 0.328 e. The molecule has 0 amide bonds. The number of allylic oxidation sites excluding steroid dienone is 1. The lowest BCUT2D eigenvalue weighted by Crippen LogP contribution is -2.22. The third-order valence-electron chi connectivity index (χ3n) is 3.11. The number of aliphatic hydroxyl groups is 1. The molecule has 1 aliphatic rings. The summed E-state index contributed by atoms with van der Waals surface area (Å²) in [5.41, 5.74) is 1.00. The summed E-state index contributed by atoms with van der Waals surface area (Å²) in [5.74, 6) is -1.33. The quantitative estimate of drug-likeness (QED) is 0.726. The number of phenolic OH excluding ortho intramolecular Hbond substituents is 1. The van der Waals surface area contributed by atoms with Gasteiger partial charge in [0, 0.05) is 18.1 Å². The minimum absolute atomic E-state index is 0.00410. The molecule has 0 radical (unpaired) electrons. The first-order valence-electron chi connectivity index (χ1n) is 6.15. The highest BCUT2D eigenvalue weighted by Crippen LogP contribution is 2.32. The van der Waals surface area contributed by atoms with Crippen LogP contribution in [-0.4, -0.2) is 33.2 Å². The van der Waals surface area contributed by atoms with Gasteiger partial charge in [-0.1, -0.05) is 12.1 Å². The van der Waals surface area contributed by atoms with Crippen molar-refractivity contribution >= 4 is 17.3 Å². The molecule has 20 heavy (non-hydrogen) atoms. The third kappa shape index (κ3) is 2.95. The zero-order chi connectivity index (χ0) is 14.7. The van der Waals surface area contributed by atoms with E-state index in [2.05, 4.69) is 0 Å². The van der Waals surface area contributed by atoms with Crippen molar-refractivity contribution in [2.75, 3.05) is 0 Å². The maximum absolute atomic E-state index is 12.1. The molecule has 1 aliphatic carbocycles. The van der Waals surface area contributed by atoms with E-state index in [1.807, 2.05) is 0 Å². The Hall–Kier alpha value is -2.40. The second-order valence-corrected chi connectivity index (χ2v) is 4.53. The van der Waals surface area contributed by atoms with Crippen molar-refractivity contribution in [2.45, 2.75) is 18.9 Å². The van der Waals surface area contributed by atoms with Crippen molar-refractivity contribution in [3.63, 3.8) is 0 Å². The molecule has 3 N–H and O–H groups in total. The van der Waals surface area contributed by atoms with E-state index in [-0.39, 0.29) is 35.5 Å². The summed E-state index contributed by atoms with van der Waals surface area (Å²) < 4.78 is 0. The number of aliphatic carboxylic acids is 1. The van der Waals surface area contributed by atoms with Crippen LogP contribution >= 0.6 is 0 Å². The number of rotatable bonds is 3. The second-order valence-electron chi connectivity index (χ2n) is 4.53. The van der Waals surface area contributed by atoms with E-state index in [9.17, 15) is 19.8 Å². The van der Waals surface area contributed by atoms with Crippen LogP contribution in [0.2, 0.25) is 0 Å². The van der Waals surface area contributed by atoms with Crippen LogP contribution in [0.15, 0.2) is 42.0 Å². The number of aromatic hydroxyl groups is 1. The first-order chi connectivity index (χ1) is 9.49. The van der Waals surface area contributed by atoms with Crippen LogP contribution in [0.5, 0.6) is 5.75 Å². The SMILES string of the molecule is O=C(O)/C=C/C1=C(c2cccc(O)c2)C(=O)CC[C@H]1O. The van der Waals surface area contributed by atoms with Gasteiger partial charge in [0.1, 0.15) is 5.75 Å². The van der Waals surface area contributed by atoms with E-state index in [4.69, 9.17) is 5.11 Å². The fourth-order valence-electron chi connectivity index (χ4n) is 2.22. The fraction of sp³-hybridized carbons (Fsp3) is 0.200. The maximum atomic E-state index is 12.1. The molecule has 0 spiro atoms. The molecule has 0 bridgehead atoms. The van der Waals surface area contributed by atoms with E-state index >= 15 is 0 Å². The van der Waals surface area contributed by atoms with Gasteiger partial charge in [-0.15, -0.1) is 0 Å². The van der Waals surface area contributed by atoms with Gasteiger partial charge >= 0.3 is 5.97 Å². The molecule has 0 fully saturated rings. The average Bonchev–Trinajstić information content (AvgIpc) is 2.39. The van der Waals surface area contributed by atoms with Crippen LogP contribution in [0.25, 0.3) is 5.57 Å². The molecule has 1 aromatic carbocycles. The Morgan fingerprint density at radius 1 is 1.35 bits per heavy atom. The van der Waals surface area contributed by atoms with Gasteiger partial charge in [0.2, 0.25) is 0 Å². The van der Waals surface area contributed by atoms with Crippen LogP contribution in [0.4, 0.5) is 0 Å². The Kier molecular flexibility index (Phi) is 4.00. The number of Topliss-reactive ketones (excluding diaryl/α,β-unsaturated/α-hetero) is 1. The van der Waals surface area contributed by atoms with Gasteiger partial charge in [0.15, 0.2) is 5.78 Å². The molecule has 0 unspecified atom stereocenters. The highest BCUT2D eigenvalue weighted by Gasteiger charge is 2.26. The van der Waals surface area contributed by atoms with E-state index in [1.165, 1.54) is 18.2 Å². The van der Waals surface area contributed by atoms with Gasteiger partial charge in [-0.2, -0.15) is 0 Å². The zero-order valence-corrected chi connectivity index (χ0v) is 10.6. The first-order valence-corrected chi connectivity index (χ1v) is 6.15. The van der Waals surface area contributed by atoms with Gasteiger partial charge in [-0.05, 0) is 35.8 Å². The molecular weight excluding hydrogens is 260 g/mol. The van der Waals surface area contributed by atoms with E-state index in [0.29, 0.717) is 5.56 Å². The zero-order valence-electron chi connectivity index (χ0n) is 10.6. The molecule has 1 atom stereocenters. The van der Waals surface area contributed by atoms with E-state index in [1.54, 1.807) is 12.1 Å². The molecule has 1 aromatic rings. The number of ketones is 1. The normalized spacial score (nSPS) is 19.6. The Morgan fingerprint density at radius 2 is 2.10 bits per heavy atom. The first kappa shape index (κ1) is 14.0. The van der Waals surface area contributed by atoms with Crippen LogP contribution < -0.4 is 0 Å². The van der Waals surface area contributed by atoms with Crippen LogP contribution in [0.1, 0.15) is 18.4 Å². The van der Waals surface area contributed by atoms with Crippen LogP contribution in [-0.2, 0) is 9.59 Å². The summed E-state index contributed by atoms with van der Waals surface area (Å²) in [6, 6.07) is 6.12. The van der Waals surface area contributed by atoms with Crippen molar-refractivity contribution in [2.24, 2.45) is 0 Å². The lowest BCUT2D eigenvalue weighted by atomic mass is 9.84. The number of benzene rings is 1. The minimum atomic E-state index is -1.15. The Bertz CT molecular complexity index is 612. The van der Waals surface area contributed by atoms with Crippen molar-refractivity contribution in [1.82, 2.24) is 0 Å². The Morgan fingerprint density at radius 3 is 2.75 bits per heavy atom.